The first-order valence-corrected chi connectivity index (χ1v) is 5.95. The van der Waals surface area contributed by atoms with Gasteiger partial charge in [-0.25, -0.2) is 4.79 Å². The van der Waals surface area contributed by atoms with E-state index in [4.69, 9.17) is 5.11 Å². The summed E-state index contributed by atoms with van der Waals surface area (Å²) >= 11 is 0. The van der Waals surface area contributed by atoms with E-state index in [1.54, 1.807) is 0 Å². The van der Waals surface area contributed by atoms with Crippen LogP contribution < -0.4 is 0 Å². The first-order chi connectivity index (χ1) is 9.97. The zero-order valence-electron chi connectivity index (χ0n) is 12.2. The zero-order valence-corrected chi connectivity index (χ0v) is 12.2. The SMILES string of the molecule is CC(=CCC(=O)OC(C)(C)C(O)(C(F)(F)F)C(F)(F)F)C(=O)O. The summed E-state index contributed by atoms with van der Waals surface area (Å²) in [5.41, 5.74) is -9.05. The van der Waals surface area contributed by atoms with Crippen molar-refractivity contribution in [1.82, 2.24) is 0 Å². The smallest absolute Gasteiger partial charge is 0.430 e. The molecule has 23 heavy (non-hydrogen) atoms. The molecule has 0 heterocycles. The number of rotatable bonds is 5. The maximum absolute atomic E-state index is 12.7. The second kappa shape index (κ2) is 6.38. The van der Waals surface area contributed by atoms with Gasteiger partial charge in [-0.2, -0.15) is 26.3 Å². The fraction of sp³-hybridized carbons (Fsp3) is 0.667. The van der Waals surface area contributed by atoms with Crippen molar-refractivity contribution < 1.29 is 50.9 Å². The lowest BCUT2D eigenvalue weighted by Crippen LogP contribution is -2.69. The van der Waals surface area contributed by atoms with Gasteiger partial charge in [0.25, 0.3) is 5.60 Å². The largest absolute Gasteiger partial charge is 0.478 e. The fourth-order valence-electron chi connectivity index (χ4n) is 1.57. The Kier molecular flexibility index (Phi) is 5.88. The van der Waals surface area contributed by atoms with Crippen LogP contribution in [0.15, 0.2) is 11.6 Å². The minimum atomic E-state index is -6.16. The normalized spacial score (nSPS) is 14.6. The van der Waals surface area contributed by atoms with Gasteiger partial charge in [-0.3, -0.25) is 4.79 Å². The predicted molar refractivity (Wildman–Crippen MR) is 63.2 cm³/mol. The van der Waals surface area contributed by atoms with Crippen LogP contribution in [0, 0.1) is 0 Å². The summed E-state index contributed by atoms with van der Waals surface area (Å²) in [6.45, 7) is 1.56. The number of carbonyl (C=O) groups is 2. The molecule has 0 unspecified atom stereocenters. The first-order valence-electron chi connectivity index (χ1n) is 5.95. The highest BCUT2D eigenvalue weighted by Crippen LogP contribution is 2.50. The number of hydrogen-bond acceptors (Lipinski definition) is 4. The number of aliphatic hydroxyl groups is 1. The van der Waals surface area contributed by atoms with Crippen molar-refractivity contribution in [2.45, 2.75) is 50.7 Å². The van der Waals surface area contributed by atoms with Crippen LogP contribution >= 0.6 is 0 Å². The van der Waals surface area contributed by atoms with Crippen molar-refractivity contribution in [2.75, 3.05) is 0 Å². The monoisotopic (exact) mass is 352 g/mol. The third-order valence-corrected chi connectivity index (χ3v) is 2.97. The van der Waals surface area contributed by atoms with Crippen LogP contribution in [-0.2, 0) is 14.3 Å². The Morgan fingerprint density at radius 2 is 1.43 bits per heavy atom. The summed E-state index contributed by atoms with van der Waals surface area (Å²) < 4.78 is 80.4. The molecule has 0 fully saturated rings. The molecule has 134 valence electrons. The van der Waals surface area contributed by atoms with Gasteiger partial charge in [-0.15, -0.1) is 0 Å². The number of halogens is 6. The molecule has 0 aromatic rings. The van der Waals surface area contributed by atoms with E-state index < -0.39 is 41.9 Å². The van der Waals surface area contributed by atoms with Gasteiger partial charge >= 0.3 is 24.3 Å². The van der Waals surface area contributed by atoms with E-state index in [0.29, 0.717) is 0 Å². The Morgan fingerprint density at radius 1 is 1.04 bits per heavy atom. The van der Waals surface area contributed by atoms with Crippen LogP contribution in [0.4, 0.5) is 26.3 Å². The zero-order chi connectivity index (χ0) is 18.9. The maximum Gasteiger partial charge on any atom is 0.430 e. The Labute approximate surface area is 126 Å². The van der Waals surface area contributed by atoms with Gasteiger partial charge in [-0.05, 0) is 20.8 Å². The number of carboxylic acid groups (broad SMARTS) is 1. The van der Waals surface area contributed by atoms with Crippen molar-refractivity contribution in [3.05, 3.63) is 11.6 Å². The third-order valence-electron chi connectivity index (χ3n) is 2.97. The number of hydrogen-bond donors (Lipinski definition) is 2. The number of carbonyl (C=O) groups excluding carboxylic acids is 1. The minimum Gasteiger partial charge on any atom is -0.478 e. The maximum atomic E-state index is 12.7. The Bertz CT molecular complexity index is 489. The summed E-state index contributed by atoms with van der Waals surface area (Å²) in [6.07, 6.45) is -12.5. The Hall–Kier alpha value is -1.78. The van der Waals surface area contributed by atoms with E-state index in [1.165, 1.54) is 0 Å². The number of esters is 1. The average molecular weight is 352 g/mol. The number of ether oxygens (including phenoxy) is 1. The van der Waals surface area contributed by atoms with Gasteiger partial charge in [-0.1, -0.05) is 6.08 Å². The molecule has 0 atom stereocenters. The van der Waals surface area contributed by atoms with E-state index in [2.05, 4.69) is 4.74 Å². The Morgan fingerprint density at radius 3 is 1.74 bits per heavy atom. The van der Waals surface area contributed by atoms with Gasteiger partial charge in [0.15, 0.2) is 5.60 Å². The van der Waals surface area contributed by atoms with Gasteiger partial charge in [0.2, 0.25) is 0 Å². The van der Waals surface area contributed by atoms with Crippen molar-refractivity contribution in [2.24, 2.45) is 0 Å². The van der Waals surface area contributed by atoms with E-state index in [-0.39, 0.29) is 19.4 Å². The fourth-order valence-corrected chi connectivity index (χ4v) is 1.57. The second-order valence-corrected chi connectivity index (χ2v) is 5.09. The van der Waals surface area contributed by atoms with Crippen LogP contribution in [0.3, 0.4) is 0 Å². The molecule has 0 spiro atoms. The van der Waals surface area contributed by atoms with Crippen molar-refractivity contribution in [1.29, 1.82) is 0 Å². The highest BCUT2D eigenvalue weighted by molar-refractivity contribution is 5.86. The van der Waals surface area contributed by atoms with Gasteiger partial charge in [0.1, 0.15) is 0 Å². The Balaban J connectivity index is 5.49. The number of carboxylic acids is 1. The predicted octanol–water partition coefficient (Wildman–Crippen LogP) is 2.58. The highest BCUT2D eigenvalue weighted by Gasteiger charge is 2.78. The molecule has 0 bridgehead atoms. The lowest BCUT2D eigenvalue weighted by Gasteiger charge is -2.43. The van der Waals surface area contributed by atoms with E-state index in [9.17, 15) is 41.0 Å². The topological polar surface area (TPSA) is 83.8 Å². The van der Waals surface area contributed by atoms with Gasteiger partial charge in [0, 0.05) is 5.57 Å². The third kappa shape index (κ3) is 4.36. The average Bonchev–Trinajstić information content (AvgIpc) is 2.31. The summed E-state index contributed by atoms with van der Waals surface area (Å²) in [5, 5.41) is 17.7. The van der Waals surface area contributed by atoms with Crippen LogP contribution in [0.2, 0.25) is 0 Å². The lowest BCUT2D eigenvalue weighted by atomic mass is 9.84. The quantitative estimate of drug-likeness (QED) is 0.451. The van der Waals surface area contributed by atoms with Crippen molar-refractivity contribution in [3.63, 3.8) is 0 Å². The summed E-state index contributed by atoms with van der Waals surface area (Å²) in [5.74, 6) is -3.00. The molecule has 0 rings (SSSR count). The molecule has 0 amide bonds. The van der Waals surface area contributed by atoms with E-state index >= 15 is 0 Å². The molecule has 5 nitrogen and oxygen atoms in total. The van der Waals surface area contributed by atoms with Crippen molar-refractivity contribution >= 4 is 11.9 Å². The number of aliphatic carboxylic acids is 1. The number of alkyl halides is 6. The molecule has 0 radical (unpaired) electrons. The first kappa shape index (κ1) is 21.2. The summed E-state index contributed by atoms with van der Waals surface area (Å²) in [4.78, 5) is 21.8. The minimum absolute atomic E-state index is 0.250. The molecule has 0 aliphatic rings. The molecular formula is C12H14F6O5. The molecule has 0 aliphatic carbocycles. The van der Waals surface area contributed by atoms with Crippen LogP contribution in [-0.4, -0.2) is 45.7 Å². The molecule has 11 heteroatoms. The standard InChI is InChI=1S/C12H14F6O5/c1-6(8(20)21)4-5-7(19)23-9(2,3)10(22,11(13,14)15)12(16,17)18/h4,22H,5H2,1-3H3,(H,20,21). The molecular weight excluding hydrogens is 338 g/mol. The highest BCUT2D eigenvalue weighted by atomic mass is 19.4. The van der Waals surface area contributed by atoms with Crippen LogP contribution in [0.25, 0.3) is 0 Å². The molecule has 0 aromatic heterocycles. The lowest BCUT2D eigenvalue weighted by molar-refractivity contribution is -0.407. The van der Waals surface area contributed by atoms with Crippen molar-refractivity contribution in [3.8, 4) is 0 Å². The molecule has 0 aliphatic heterocycles. The summed E-state index contributed by atoms with van der Waals surface area (Å²) in [7, 11) is 0. The van der Waals surface area contributed by atoms with Crippen LogP contribution in [0.1, 0.15) is 27.2 Å². The van der Waals surface area contributed by atoms with E-state index in [1.807, 2.05) is 0 Å². The van der Waals surface area contributed by atoms with Gasteiger partial charge in [0.05, 0.1) is 6.42 Å². The molecule has 2 N–H and O–H groups in total. The summed E-state index contributed by atoms with van der Waals surface area (Å²) in [6, 6.07) is 0. The molecule has 0 saturated carbocycles. The van der Waals surface area contributed by atoms with Crippen LogP contribution in [0.5, 0.6) is 0 Å². The molecule has 0 saturated heterocycles. The van der Waals surface area contributed by atoms with E-state index in [0.717, 1.165) is 13.0 Å². The second-order valence-electron chi connectivity index (χ2n) is 5.09. The van der Waals surface area contributed by atoms with Gasteiger partial charge < -0.3 is 14.9 Å². The molecule has 0 aromatic carbocycles.